The molecule has 3 nitrogen and oxygen atoms in total. The molecule has 0 bridgehead atoms. The zero-order valence-electron chi connectivity index (χ0n) is 20.5. The standard InChI is InChI=1S/C30H39NO2/c1-3-5-6-7-8-10-13-25-16-19-28(26(22-25)23-31)33-29(32)30(20-11-9-12-21-30)27-17-14-24(4-2)15-18-27/h14-19,22H,3-13,20-21H2,1-2H3. The Bertz CT molecular complexity index is 933. The van der Waals surface area contributed by atoms with Crippen molar-refractivity contribution in [3.63, 3.8) is 0 Å². The molecular weight excluding hydrogens is 406 g/mol. The lowest BCUT2D eigenvalue weighted by atomic mass is 9.69. The predicted octanol–water partition coefficient (Wildman–Crippen LogP) is 7.83. The molecule has 0 radical (unpaired) electrons. The largest absolute Gasteiger partial charge is 0.424 e. The maximum atomic E-state index is 13.6. The van der Waals surface area contributed by atoms with Gasteiger partial charge in [0.05, 0.1) is 11.0 Å². The molecule has 176 valence electrons. The van der Waals surface area contributed by atoms with E-state index in [9.17, 15) is 10.1 Å². The van der Waals surface area contributed by atoms with E-state index in [-0.39, 0.29) is 5.97 Å². The van der Waals surface area contributed by atoms with Gasteiger partial charge in [0.2, 0.25) is 0 Å². The van der Waals surface area contributed by atoms with Crippen LogP contribution < -0.4 is 4.74 Å². The second kappa shape index (κ2) is 12.6. The number of rotatable bonds is 11. The Morgan fingerprint density at radius 2 is 1.58 bits per heavy atom. The van der Waals surface area contributed by atoms with Gasteiger partial charge in [0, 0.05) is 0 Å². The number of hydrogen-bond acceptors (Lipinski definition) is 3. The summed E-state index contributed by atoms with van der Waals surface area (Å²) in [5.41, 5.74) is 3.30. The fourth-order valence-corrected chi connectivity index (χ4v) is 5.04. The van der Waals surface area contributed by atoms with Crippen molar-refractivity contribution in [2.24, 2.45) is 0 Å². The molecule has 0 N–H and O–H groups in total. The van der Waals surface area contributed by atoms with Gasteiger partial charge in [0.15, 0.2) is 0 Å². The first-order valence-corrected chi connectivity index (χ1v) is 13.0. The van der Waals surface area contributed by atoms with Gasteiger partial charge < -0.3 is 4.74 Å². The van der Waals surface area contributed by atoms with Crippen molar-refractivity contribution in [3.05, 3.63) is 64.7 Å². The molecule has 2 aromatic rings. The molecule has 1 aliphatic rings. The Morgan fingerprint density at radius 1 is 0.909 bits per heavy atom. The summed E-state index contributed by atoms with van der Waals surface area (Å²) >= 11 is 0. The van der Waals surface area contributed by atoms with E-state index in [0.717, 1.165) is 62.5 Å². The van der Waals surface area contributed by atoms with Crippen LogP contribution in [0.15, 0.2) is 42.5 Å². The van der Waals surface area contributed by atoms with Crippen LogP contribution in [-0.2, 0) is 23.1 Å². The molecule has 0 saturated heterocycles. The fraction of sp³-hybridized carbons (Fsp3) is 0.533. The molecule has 2 aromatic carbocycles. The topological polar surface area (TPSA) is 50.1 Å². The van der Waals surface area contributed by atoms with E-state index in [1.165, 1.54) is 37.7 Å². The highest BCUT2D eigenvalue weighted by atomic mass is 16.5. The number of esters is 1. The number of hydrogen-bond donors (Lipinski definition) is 0. The zero-order chi connectivity index (χ0) is 23.5. The van der Waals surface area contributed by atoms with Crippen LogP contribution in [-0.4, -0.2) is 5.97 Å². The van der Waals surface area contributed by atoms with Gasteiger partial charge >= 0.3 is 5.97 Å². The predicted molar refractivity (Wildman–Crippen MR) is 134 cm³/mol. The van der Waals surface area contributed by atoms with Gasteiger partial charge in [-0.1, -0.05) is 95.5 Å². The van der Waals surface area contributed by atoms with Crippen molar-refractivity contribution >= 4 is 5.97 Å². The minimum absolute atomic E-state index is 0.216. The van der Waals surface area contributed by atoms with Gasteiger partial charge in [-0.2, -0.15) is 5.26 Å². The molecule has 0 aliphatic heterocycles. The van der Waals surface area contributed by atoms with Gasteiger partial charge in [0.1, 0.15) is 11.8 Å². The Morgan fingerprint density at radius 3 is 2.24 bits per heavy atom. The molecular formula is C30H39NO2. The lowest BCUT2D eigenvalue weighted by Gasteiger charge is -2.35. The molecule has 0 heterocycles. The normalized spacial score (nSPS) is 15.1. The van der Waals surface area contributed by atoms with Crippen LogP contribution in [0.4, 0.5) is 0 Å². The Balaban J connectivity index is 1.72. The smallest absolute Gasteiger partial charge is 0.321 e. The lowest BCUT2D eigenvalue weighted by molar-refractivity contribution is -0.142. The highest BCUT2D eigenvalue weighted by Gasteiger charge is 2.43. The average Bonchev–Trinajstić information content (AvgIpc) is 2.87. The van der Waals surface area contributed by atoms with Crippen molar-refractivity contribution in [2.45, 2.75) is 103 Å². The number of carbonyl (C=O) groups excluding carboxylic acids is 1. The Kier molecular flexibility index (Phi) is 9.55. The summed E-state index contributed by atoms with van der Waals surface area (Å²) in [5.74, 6) is 0.177. The molecule has 3 rings (SSSR count). The van der Waals surface area contributed by atoms with Gasteiger partial charge in [-0.15, -0.1) is 0 Å². The number of unbranched alkanes of at least 4 members (excludes halogenated alkanes) is 5. The van der Waals surface area contributed by atoms with Gasteiger partial charge in [-0.25, -0.2) is 0 Å². The molecule has 0 unspecified atom stereocenters. The summed E-state index contributed by atoms with van der Waals surface area (Å²) in [6.07, 6.45) is 14.2. The van der Waals surface area contributed by atoms with E-state index < -0.39 is 5.41 Å². The van der Waals surface area contributed by atoms with Gasteiger partial charge in [0.25, 0.3) is 0 Å². The molecule has 0 amide bonds. The van der Waals surface area contributed by atoms with Crippen LogP contribution in [0.5, 0.6) is 5.75 Å². The maximum Gasteiger partial charge on any atom is 0.321 e. The van der Waals surface area contributed by atoms with Crippen LogP contribution in [0, 0.1) is 11.3 Å². The maximum absolute atomic E-state index is 13.6. The summed E-state index contributed by atoms with van der Waals surface area (Å²) in [6, 6.07) is 16.4. The summed E-state index contributed by atoms with van der Waals surface area (Å²) in [7, 11) is 0. The van der Waals surface area contributed by atoms with Crippen molar-refractivity contribution in [3.8, 4) is 11.8 Å². The average molecular weight is 446 g/mol. The Labute approximate surface area is 200 Å². The van der Waals surface area contributed by atoms with Crippen LogP contribution in [0.1, 0.15) is 107 Å². The van der Waals surface area contributed by atoms with E-state index in [1.54, 1.807) is 0 Å². The first-order chi connectivity index (χ1) is 16.1. The van der Waals surface area contributed by atoms with E-state index in [4.69, 9.17) is 4.74 Å². The number of nitrogens with zero attached hydrogens (tertiary/aromatic N) is 1. The van der Waals surface area contributed by atoms with E-state index in [1.807, 2.05) is 18.2 Å². The first kappa shape index (κ1) is 25.0. The van der Waals surface area contributed by atoms with Crippen molar-refractivity contribution < 1.29 is 9.53 Å². The summed E-state index contributed by atoms with van der Waals surface area (Å²) in [4.78, 5) is 13.6. The minimum atomic E-state index is -0.617. The third kappa shape index (κ3) is 6.47. The van der Waals surface area contributed by atoms with E-state index >= 15 is 0 Å². The fourth-order valence-electron chi connectivity index (χ4n) is 5.04. The molecule has 1 aliphatic carbocycles. The van der Waals surface area contributed by atoms with Crippen molar-refractivity contribution in [1.29, 1.82) is 5.26 Å². The molecule has 0 aromatic heterocycles. The zero-order valence-corrected chi connectivity index (χ0v) is 20.5. The number of benzene rings is 2. The number of ether oxygens (including phenoxy) is 1. The van der Waals surface area contributed by atoms with E-state index in [0.29, 0.717) is 11.3 Å². The summed E-state index contributed by atoms with van der Waals surface area (Å²) < 4.78 is 5.95. The highest BCUT2D eigenvalue weighted by molar-refractivity contribution is 5.85. The summed E-state index contributed by atoms with van der Waals surface area (Å²) in [5, 5.41) is 9.73. The Hall–Kier alpha value is -2.60. The highest BCUT2D eigenvalue weighted by Crippen LogP contribution is 2.41. The molecule has 33 heavy (non-hydrogen) atoms. The second-order valence-electron chi connectivity index (χ2n) is 9.54. The quantitative estimate of drug-likeness (QED) is 0.201. The van der Waals surface area contributed by atoms with Crippen LogP contribution in [0.3, 0.4) is 0 Å². The summed E-state index contributed by atoms with van der Waals surface area (Å²) in [6.45, 7) is 4.37. The molecule has 0 atom stereocenters. The molecule has 1 fully saturated rings. The third-order valence-electron chi connectivity index (χ3n) is 7.20. The number of carbonyl (C=O) groups is 1. The molecule has 1 saturated carbocycles. The minimum Gasteiger partial charge on any atom is -0.424 e. The molecule has 0 spiro atoms. The van der Waals surface area contributed by atoms with Crippen LogP contribution in [0.2, 0.25) is 0 Å². The van der Waals surface area contributed by atoms with Crippen LogP contribution in [0.25, 0.3) is 0 Å². The first-order valence-electron chi connectivity index (χ1n) is 13.0. The van der Waals surface area contributed by atoms with Gasteiger partial charge in [-0.3, -0.25) is 4.79 Å². The number of aryl methyl sites for hydroxylation is 2. The van der Waals surface area contributed by atoms with Crippen LogP contribution >= 0.6 is 0 Å². The van der Waals surface area contributed by atoms with Gasteiger partial charge in [-0.05, 0) is 60.9 Å². The second-order valence-corrected chi connectivity index (χ2v) is 9.54. The molecule has 3 heteroatoms. The van der Waals surface area contributed by atoms with Crippen molar-refractivity contribution in [1.82, 2.24) is 0 Å². The van der Waals surface area contributed by atoms with Crippen molar-refractivity contribution in [2.75, 3.05) is 0 Å². The number of nitriles is 1. The third-order valence-corrected chi connectivity index (χ3v) is 7.20. The lowest BCUT2D eigenvalue weighted by Crippen LogP contribution is -2.41. The van der Waals surface area contributed by atoms with E-state index in [2.05, 4.69) is 44.2 Å². The SMILES string of the molecule is CCCCCCCCc1ccc(OC(=O)C2(c3ccc(CC)cc3)CCCCC2)c(C#N)c1. The monoisotopic (exact) mass is 445 g/mol.